The summed E-state index contributed by atoms with van der Waals surface area (Å²) in [7, 11) is 2.07. The van der Waals surface area contributed by atoms with E-state index in [4.69, 9.17) is 0 Å². The number of nitrogens with one attached hydrogen (secondary N) is 1. The first-order chi connectivity index (χ1) is 8.99. The molecule has 108 valence electrons. The van der Waals surface area contributed by atoms with Crippen LogP contribution in [0.5, 0.6) is 0 Å². The Morgan fingerprint density at radius 2 is 1.79 bits per heavy atom. The number of likely N-dealkylation sites (tertiary alicyclic amines) is 2. The summed E-state index contributed by atoms with van der Waals surface area (Å²) in [4.78, 5) is 27.1. The lowest BCUT2D eigenvalue weighted by Crippen LogP contribution is -2.52. The molecule has 2 aliphatic heterocycles. The van der Waals surface area contributed by atoms with Crippen molar-refractivity contribution >= 4 is 12.0 Å². The van der Waals surface area contributed by atoms with E-state index in [1.54, 1.807) is 0 Å². The fourth-order valence-corrected chi connectivity index (χ4v) is 2.96. The van der Waals surface area contributed by atoms with E-state index in [2.05, 4.69) is 17.3 Å². The number of carbonyl (C=O) groups excluding carboxylic acids is 1. The van der Waals surface area contributed by atoms with E-state index < -0.39 is 12.0 Å². The van der Waals surface area contributed by atoms with Gasteiger partial charge in [-0.05, 0) is 45.3 Å². The lowest BCUT2D eigenvalue weighted by molar-refractivity contribution is -0.142. The predicted octanol–water partition coefficient (Wildman–Crippen LogP) is 0.585. The van der Waals surface area contributed by atoms with Crippen LogP contribution in [-0.2, 0) is 4.79 Å². The Bertz CT molecular complexity index is 353. The van der Waals surface area contributed by atoms with Crippen molar-refractivity contribution in [3.63, 3.8) is 0 Å². The molecular weight excluding hydrogens is 246 g/mol. The van der Waals surface area contributed by atoms with Gasteiger partial charge in [0.2, 0.25) is 0 Å². The summed E-state index contributed by atoms with van der Waals surface area (Å²) in [6.45, 7) is 4.38. The molecule has 6 heteroatoms. The maximum absolute atomic E-state index is 12.2. The zero-order chi connectivity index (χ0) is 14.0. The Morgan fingerprint density at radius 1 is 1.16 bits per heavy atom. The molecule has 2 atom stereocenters. The molecule has 0 bridgehead atoms. The molecule has 2 aliphatic rings. The van der Waals surface area contributed by atoms with Gasteiger partial charge in [-0.3, -0.25) is 0 Å². The molecule has 0 aliphatic carbocycles. The van der Waals surface area contributed by atoms with Crippen LogP contribution in [0.3, 0.4) is 0 Å². The standard InChI is InChI=1S/C13H23N3O3/c1-9-3-8-16(11(9)12(17)18)13(19)14-10-4-6-15(2)7-5-10/h9-11H,3-8H2,1-2H3,(H,14,19)(H,17,18). The smallest absolute Gasteiger partial charge is 0.326 e. The van der Waals surface area contributed by atoms with Crippen molar-refractivity contribution in [2.75, 3.05) is 26.7 Å². The van der Waals surface area contributed by atoms with Crippen molar-refractivity contribution in [1.82, 2.24) is 15.1 Å². The third-order valence-electron chi connectivity index (χ3n) is 4.26. The zero-order valence-corrected chi connectivity index (χ0v) is 11.6. The quantitative estimate of drug-likeness (QED) is 0.769. The number of hydrogen-bond donors (Lipinski definition) is 2. The second kappa shape index (κ2) is 5.77. The number of amides is 2. The highest BCUT2D eigenvalue weighted by atomic mass is 16.4. The Morgan fingerprint density at radius 3 is 2.37 bits per heavy atom. The van der Waals surface area contributed by atoms with E-state index in [1.165, 1.54) is 4.90 Å². The van der Waals surface area contributed by atoms with Gasteiger partial charge in [0.15, 0.2) is 0 Å². The SMILES string of the molecule is CC1CCN(C(=O)NC2CCN(C)CC2)C1C(=O)O. The van der Waals surface area contributed by atoms with Crippen LogP contribution in [0.4, 0.5) is 4.79 Å². The monoisotopic (exact) mass is 269 g/mol. The van der Waals surface area contributed by atoms with Crippen molar-refractivity contribution in [3.8, 4) is 0 Å². The van der Waals surface area contributed by atoms with Gasteiger partial charge in [-0.25, -0.2) is 9.59 Å². The zero-order valence-electron chi connectivity index (χ0n) is 11.6. The Labute approximate surface area is 113 Å². The van der Waals surface area contributed by atoms with Gasteiger partial charge in [-0.15, -0.1) is 0 Å². The number of aliphatic carboxylic acids is 1. The highest BCUT2D eigenvalue weighted by Gasteiger charge is 2.40. The fraction of sp³-hybridized carbons (Fsp3) is 0.846. The van der Waals surface area contributed by atoms with Crippen LogP contribution < -0.4 is 5.32 Å². The van der Waals surface area contributed by atoms with Crippen molar-refractivity contribution in [2.45, 2.75) is 38.3 Å². The third-order valence-corrected chi connectivity index (χ3v) is 4.26. The van der Waals surface area contributed by atoms with Gasteiger partial charge in [0, 0.05) is 12.6 Å². The molecule has 0 saturated carbocycles. The number of nitrogens with zero attached hydrogens (tertiary/aromatic N) is 2. The Balaban J connectivity index is 1.90. The van der Waals surface area contributed by atoms with Gasteiger partial charge in [0.05, 0.1) is 0 Å². The summed E-state index contributed by atoms with van der Waals surface area (Å²) in [5.41, 5.74) is 0. The van der Waals surface area contributed by atoms with Crippen LogP contribution in [-0.4, -0.2) is 65.7 Å². The predicted molar refractivity (Wildman–Crippen MR) is 71.0 cm³/mol. The molecule has 0 aromatic heterocycles. The summed E-state index contributed by atoms with van der Waals surface area (Å²) in [5.74, 6) is -0.871. The van der Waals surface area contributed by atoms with Crippen molar-refractivity contribution in [2.24, 2.45) is 5.92 Å². The number of carboxylic acid groups (broad SMARTS) is 1. The molecule has 2 saturated heterocycles. The van der Waals surface area contributed by atoms with E-state index >= 15 is 0 Å². The molecule has 0 spiro atoms. The van der Waals surface area contributed by atoms with E-state index in [0.717, 1.165) is 32.4 Å². The van der Waals surface area contributed by atoms with Gasteiger partial charge < -0.3 is 20.2 Å². The summed E-state index contributed by atoms with van der Waals surface area (Å²) in [5, 5.41) is 12.2. The number of carbonyl (C=O) groups is 2. The second-order valence-electron chi connectivity index (χ2n) is 5.77. The molecule has 2 heterocycles. The number of rotatable bonds is 2. The highest BCUT2D eigenvalue weighted by molar-refractivity contribution is 5.83. The van der Waals surface area contributed by atoms with E-state index in [0.29, 0.717) is 6.54 Å². The topological polar surface area (TPSA) is 72.9 Å². The minimum atomic E-state index is -0.900. The van der Waals surface area contributed by atoms with Crippen LogP contribution in [0.2, 0.25) is 0 Å². The molecule has 0 radical (unpaired) electrons. The van der Waals surface area contributed by atoms with Gasteiger partial charge in [-0.1, -0.05) is 6.92 Å². The van der Waals surface area contributed by atoms with E-state index in [-0.39, 0.29) is 18.0 Å². The number of carboxylic acids is 1. The van der Waals surface area contributed by atoms with Crippen LogP contribution in [0, 0.1) is 5.92 Å². The minimum Gasteiger partial charge on any atom is -0.480 e. The Hall–Kier alpha value is -1.30. The van der Waals surface area contributed by atoms with Crippen LogP contribution in [0.1, 0.15) is 26.2 Å². The van der Waals surface area contributed by atoms with E-state index in [9.17, 15) is 14.7 Å². The molecule has 2 N–H and O–H groups in total. The molecule has 0 aromatic carbocycles. The molecule has 19 heavy (non-hydrogen) atoms. The lowest BCUT2D eigenvalue weighted by Gasteiger charge is -2.32. The normalized spacial score (nSPS) is 29.5. The number of urea groups is 1. The average molecular weight is 269 g/mol. The summed E-state index contributed by atoms with van der Waals surface area (Å²) in [6.07, 6.45) is 2.63. The van der Waals surface area contributed by atoms with Crippen LogP contribution >= 0.6 is 0 Å². The highest BCUT2D eigenvalue weighted by Crippen LogP contribution is 2.24. The first-order valence-corrected chi connectivity index (χ1v) is 6.97. The molecule has 2 amide bonds. The second-order valence-corrected chi connectivity index (χ2v) is 5.77. The lowest BCUT2D eigenvalue weighted by atomic mass is 10.0. The van der Waals surface area contributed by atoms with Crippen LogP contribution in [0.25, 0.3) is 0 Å². The van der Waals surface area contributed by atoms with Gasteiger partial charge in [-0.2, -0.15) is 0 Å². The van der Waals surface area contributed by atoms with Crippen molar-refractivity contribution < 1.29 is 14.7 Å². The van der Waals surface area contributed by atoms with Crippen LogP contribution in [0.15, 0.2) is 0 Å². The fourth-order valence-electron chi connectivity index (χ4n) is 2.96. The number of piperidine rings is 1. The summed E-state index contributed by atoms with van der Waals surface area (Å²) >= 11 is 0. The molecule has 2 rings (SSSR count). The Kier molecular flexibility index (Phi) is 4.29. The van der Waals surface area contributed by atoms with Crippen molar-refractivity contribution in [1.29, 1.82) is 0 Å². The largest absolute Gasteiger partial charge is 0.480 e. The molecule has 0 aromatic rings. The summed E-state index contributed by atoms with van der Waals surface area (Å²) in [6, 6.07) is -0.716. The molecular formula is C13H23N3O3. The molecule has 6 nitrogen and oxygen atoms in total. The van der Waals surface area contributed by atoms with Gasteiger partial charge in [0.1, 0.15) is 6.04 Å². The van der Waals surface area contributed by atoms with Gasteiger partial charge in [0.25, 0.3) is 0 Å². The molecule has 2 fully saturated rings. The first-order valence-electron chi connectivity index (χ1n) is 6.97. The third kappa shape index (κ3) is 3.18. The summed E-state index contributed by atoms with van der Waals surface area (Å²) < 4.78 is 0. The number of hydrogen-bond acceptors (Lipinski definition) is 3. The minimum absolute atomic E-state index is 0.0285. The van der Waals surface area contributed by atoms with Crippen molar-refractivity contribution in [3.05, 3.63) is 0 Å². The van der Waals surface area contributed by atoms with E-state index in [1.807, 2.05) is 6.92 Å². The first kappa shape index (κ1) is 14.1. The maximum Gasteiger partial charge on any atom is 0.326 e. The maximum atomic E-state index is 12.2. The average Bonchev–Trinajstić information content (AvgIpc) is 2.74. The molecule has 2 unspecified atom stereocenters. The van der Waals surface area contributed by atoms with Gasteiger partial charge >= 0.3 is 12.0 Å².